The van der Waals surface area contributed by atoms with E-state index >= 15 is 0 Å². The van der Waals surface area contributed by atoms with Gasteiger partial charge in [0.25, 0.3) is 0 Å². The van der Waals surface area contributed by atoms with Crippen molar-refractivity contribution in [3.05, 3.63) is 28.9 Å². The second-order valence-corrected chi connectivity index (χ2v) is 9.11. The molecular weight excluding hydrogens is 510 g/mol. The number of halogens is 3. The van der Waals surface area contributed by atoms with E-state index in [0.717, 1.165) is 12.8 Å². The first kappa shape index (κ1) is 24.7. The monoisotopic (exact) mass is 532 g/mol. The summed E-state index contributed by atoms with van der Waals surface area (Å²) in [7, 11) is 0. The molecule has 2 fully saturated rings. The van der Waals surface area contributed by atoms with Crippen molar-refractivity contribution in [3.8, 4) is 11.8 Å². The highest BCUT2D eigenvalue weighted by Crippen LogP contribution is 2.39. The number of carbonyl (C=O) groups is 1. The molecule has 2 aliphatic rings. The lowest BCUT2D eigenvalue weighted by molar-refractivity contribution is -0.119. The lowest BCUT2D eigenvalue weighted by atomic mass is 10.2. The Hall–Kier alpha value is -3.96. The SMILES string of the molecule is N#Cc1cnn2c(NC3CC3)nc(Nc3cc(OC(F)F)cc(N4CCN(CC(N)=O)CC4)c3Cl)nc12. The molecule has 0 unspecified atom stereocenters. The smallest absolute Gasteiger partial charge is 0.387 e. The second kappa shape index (κ2) is 10.2. The third-order valence-corrected chi connectivity index (χ3v) is 6.39. The van der Waals surface area contributed by atoms with Gasteiger partial charge in [-0.25, -0.2) is 0 Å². The molecule has 1 amide bonds. The van der Waals surface area contributed by atoms with Crippen LogP contribution >= 0.6 is 11.6 Å². The number of primary amides is 1. The van der Waals surface area contributed by atoms with Crippen LogP contribution in [0.5, 0.6) is 5.75 Å². The molecule has 1 saturated heterocycles. The molecule has 3 heterocycles. The second-order valence-electron chi connectivity index (χ2n) is 8.73. The van der Waals surface area contributed by atoms with E-state index in [9.17, 15) is 18.8 Å². The lowest BCUT2D eigenvalue weighted by Gasteiger charge is -2.36. The van der Waals surface area contributed by atoms with Crippen molar-refractivity contribution in [1.29, 1.82) is 5.26 Å². The summed E-state index contributed by atoms with van der Waals surface area (Å²) < 4.78 is 32.4. The van der Waals surface area contributed by atoms with Crippen molar-refractivity contribution < 1.29 is 18.3 Å². The Bertz CT molecular complexity index is 1370. The number of carbonyl (C=O) groups excluding carboxylic acids is 1. The fourth-order valence-corrected chi connectivity index (χ4v) is 4.35. The van der Waals surface area contributed by atoms with Gasteiger partial charge < -0.3 is 26.0 Å². The zero-order valence-electron chi connectivity index (χ0n) is 19.5. The normalized spacial score (nSPS) is 16.1. The molecular formula is C22H23ClF2N10O2. The number of alkyl halides is 2. The Kier molecular flexibility index (Phi) is 6.81. The van der Waals surface area contributed by atoms with E-state index in [4.69, 9.17) is 22.1 Å². The van der Waals surface area contributed by atoms with Crippen LogP contribution in [-0.2, 0) is 4.79 Å². The zero-order valence-corrected chi connectivity index (χ0v) is 20.3. The third-order valence-electron chi connectivity index (χ3n) is 5.99. The molecule has 0 atom stereocenters. The summed E-state index contributed by atoms with van der Waals surface area (Å²) in [5, 5.41) is 20.1. The van der Waals surface area contributed by atoms with E-state index < -0.39 is 12.5 Å². The lowest BCUT2D eigenvalue weighted by Crippen LogP contribution is -2.49. The van der Waals surface area contributed by atoms with E-state index in [-0.39, 0.29) is 46.2 Å². The molecule has 1 aliphatic carbocycles. The summed E-state index contributed by atoms with van der Waals surface area (Å²) >= 11 is 6.74. The number of nitrogens with zero attached hydrogens (tertiary/aromatic N) is 7. The van der Waals surface area contributed by atoms with Crippen LogP contribution in [0.1, 0.15) is 18.4 Å². The van der Waals surface area contributed by atoms with Crippen LogP contribution in [0.2, 0.25) is 5.02 Å². The number of nitrogens with two attached hydrogens (primary N) is 1. The molecule has 15 heteroatoms. The highest BCUT2D eigenvalue weighted by molar-refractivity contribution is 6.36. The van der Waals surface area contributed by atoms with E-state index in [1.807, 2.05) is 15.9 Å². The average molecular weight is 533 g/mol. The van der Waals surface area contributed by atoms with Crippen LogP contribution in [0.15, 0.2) is 18.3 Å². The molecule has 5 rings (SSSR count). The van der Waals surface area contributed by atoms with Crippen molar-refractivity contribution in [3.63, 3.8) is 0 Å². The predicted octanol–water partition coefficient (Wildman–Crippen LogP) is 2.18. The van der Waals surface area contributed by atoms with E-state index in [1.54, 1.807) is 0 Å². The number of nitriles is 1. The average Bonchev–Trinajstić information content (AvgIpc) is 3.57. The minimum Gasteiger partial charge on any atom is -0.435 e. The molecule has 194 valence electrons. The number of fused-ring (bicyclic) bond motifs is 1. The maximum atomic E-state index is 13.1. The zero-order chi connectivity index (χ0) is 26.1. The van der Waals surface area contributed by atoms with Crippen LogP contribution in [-0.4, -0.2) is 75.8 Å². The summed E-state index contributed by atoms with van der Waals surface area (Å²) in [4.78, 5) is 23.9. The number of hydrogen-bond donors (Lipinski definition) is 3. The molecule has 1 aliphatic heterocycles. The molecule has 3 aromatic rings. The maximum absolute atomic E-state index is 13.1. The van der Waals surface area contributed by atoms with Gasteiger partial charge in [0, 0.05) is 44.4 Å². The molecule has 2 aromatic heterocycles. The molecule has 0 spiro atoms. The summed E-state index contributed by atoms with van der Waals surface area (Å²) in [6.07, 6.45) is 3.36. The van der Waals surface area contributed by atoms with Crippen molar-refractivity contribution in [1.82, 2.24) is 24.5 Å². The fraction of sp³-hybridized carbons (Fsp3) is 0.409. The van der Waals surface area contributed by atoms with Gasteiger partial charge in [-0.3, -0.25) is 9.69 Å². The number of benzene rings is 1. The van der Waals surface area contributed by atoms with Gasteiger partial charge in [0.05, 0.1) is 29.1 Å². The number of rotatable bonds is 9. The molecule has 12 nitrogen and oxygen atoms in total. The first-order chi connectivity index (χ1) is 17.8. The van der Waals surface area contributed by atoms with Crippen LogP contribution in [0.25, 0.3) is 5.65 Å². The van der Waals surface area contributed by atoms with Gasteiger partial charge >= 0.3 is 6.61 Å². The fourth-order valence-electron chi connectivity index (χ4n) is 4.08. The highest BCUT2D eigenvalue weighted by atomic mass is 35.5. The quantitative estimate of drug-likeness (QED) is 0.374. The third kappa shape index (κ3) is 5.57. The van der Waals surface area contributed by atoms with Crippen LogP contribution in [0, 0.1) is 11.3 Å². The molecule has 1 saturated carbocycles. The first-order valence-electron chi connectivity index (χ1n) is 11.5. The highest BCUT2D eigenvalue weighted by Gasteiger charge is 2.26. The Balaban J connectivity index is 1.48. The minimum absolute atomic E-state index is 0.0981. The Morgan fingerprint density at radius 1 is 1.27 bits per heavy atom. The number of hydrogen-bond acceptors (Lipinski definition) is 10. The van der Waals surface area contributed by atoms with Crippen molar-refractivity contribution >= 4 is 46.4 Å². The number of aromatic nitrogens is 4. The standard InChI is InChI=1S/C22H23ClF2N10O2/c23-18-15(30-21-31-19-12(9-26)10-28-35(19)22(32-21)29-13-1-2-13)7-14(37-20(24)25)8-16(18)34-5-3-33(4-6-34)11-17(27)36/h7-8,10,13,20H,1-6,11H2,(H2,27,36)(H2,29,30,31,32). The van der Waals surface area contributed by atoms with Crippen LogP contribution < -0.4 is 26.0 Å². The number of nitrogens with one attached hydrogen (secondary N) is 2. The van der Waals surface area contributed by atoms with Gasteiger partial charge in [0.2, 0.25) is 17.8 Å². The molecule has 0 bridgehead atoms. The summed E-state index contributed by atoms with van der Waals surface area (Å²) in [6.45, 7) is -0.847. The molecule has 37 heavy (non-hydrogen) atoms. The minimum atomic E-state index is -3.04. The Morgan fingerprint density at radius 2 is 2.03 bits per heavy atom. The molecule has 0 radical (unpaired) electrons. The summed E-state index contributed by atoms with van der Waals surface area (Å²) in [5.74, 6) is -0.0362. The summed E-state index contributed by atoms with van der Waals surface area (Å²) in [5.41, 5.74) is 6.54. The summed E-state index contributed by atoms with van der Waals surface area (Å²) in [6, 6.07) is 5.07. The van der Waals surface area contributed by atoms with Gasteiger partial charge in [-0.05, 0) is 12.8 Å². The topological polar surface area (TPSA) is 150 Å². The van der Waals surface area contributed by atoms with Gasteiger partial charge in [-0.2, -0.15) is 33.6 Å². The Labute approximate surface area is 214 Å². The van der Waals surface area contributed by atoms with Gasteiger partial charge in [-0.1, -0.05) is 11.6 Å². The van der Waals surface area contributed by atoms with Crippen LogP contribution in [0.3, 0.4) is 0 Å². The van der Waals surface area contributed by atoms with Crippen molar-refractivity contribution in [2.45, 2.75) is 25.5 Å². The van der Waals surface area contributed by atoms with Gasteiger partial charge in [-0.15, -0.1) is 0 Å². The van der Waals surface area contributed by atoms with Crippen molar-refractivity contribution in [2.75, 3.05) is 48.3 Å². The molecule has 4 N–H and O–H groups in total. The first-order valence-corrected chi connectivity index (χ1v) is 11.9. The van der Waals surface area contributed by atoms with Crippen LogP contribution in [0.4, 0.5) is 32.1 Å². The van der Waals surface area contributed by atoms with Crippen molar-refractivity contribution in [2.24, 2.45) is 5.73 Å². The number of amides is 1. The number of piperazine rings is 1. The number of ether oxygens (including phenoxy) is 1. The van der Waals surface area contributed by atoms with E-state index in [1.165, 1.54) is 22.8 Å². The largest absolute Gasteiger partial charge is 0.435 e. The Morgan fingerprint density at radius 3 is 2.68 bits per heavy atom. The van der Waals surface area contributed by atoms with E-state index in [2.05, 4.69) is 25.7 Å². The molecule has 1 aromatic carbocycles. The van der Waals surface area contributed by atoms with Gasteiger partial charge in [0.1, 0.15) is 17.4 Å². The van der Waals surface area contributed by atoms with Gasteiger partial charge in [0.15, 0.2) is 5.65 Å². The van der Waals surface area contributed by atoms with E-state index in [0.29, 0.717) is 37.8 Å². The number of anilines is 4. The predicted molar refractivity (Wildman–Crippen MR) is 131 cm³/mol. The maximum Gasteiger partial charge on any atom is 0.387 e.